The monoisotopic (exact) mass is 333 g/mol. The third-order valence-corrected chi connectivity index (χ3v) is 3.75. The first-order valence-electron chi connectivity index (χ1n) is 7.44. The molecular formula is C18H20ClNO3. The summed E-state index contributed by atoms with van der Waals surface area (Å²) in [5.74, 6) is 0.0382. The zero-order chi connectivity index (χ0) is 16.5. The number of nitrogens with one attached hydrogen (secondary N) is 1. The lowest BCUT2D eigenvalue weighted by Gasteiger charge is -2.22. The van der Waals surface area contributed by atoms with Crippen LogP contribution in [0, 0.1) is 0 Å². The molecule has 0 saturated heterocycles. The Bertz CT molecular complexity index is 592. The van der Waals surface area contributed by atoms with E-state index in [1.165, 1.54) is 0 Å². The fraction of sp³-hybridized carbons (Fsp3) is 0.278. The number of hydrogen-bond acceptors (Lipinski definition) is 3. The molecule has 2 N–H and O–H groups in total. The number of aliphatic hydroxyl groups excluding tert-OH is 1. The van der Waals surface area contributed by atoms with Crippen LogP contribution in [0.2, 0.25) is 0 Å². The Morgan fingerprint density at radius 2 is 1.61 bits per heavy atom. The molecule has 0 saturated carbocycles. The van der Waals surface area contributed by atoms with Crippen LogP contribution >= 0.6 is 11.6 Å². The summed E-state index contributed by atoms with van der Waals surface area (Å²) in [4.78, 5) is 11.9. The molecule has 0 heterocycles. The van der Waals surface area contributed by atoms with Crippen molar-refractivity contribution in [3.05, 3.63) is 71.8 Å². The molecule has 1 amide bonds. The van der Waals surface area contributed by atoms with E-state index in [9.17, 15) is 9.90 Å². The van der Waals surface area contributed by atoms with E-state index in [4.69, 9.17) is 16.3 Å². The SMILES string of the molecule is O=C(N[C@@H](Cc1ccccc1)[C@@H](O)CCl)OCc1ccccc1. The zero-order valence-electron chi connectivity index (χ0n) is 12.7. The topological polar surface area (TPSA) is 58.6 Å². The molecular weight excluding hydrogens is 314 g/mol. The minimum Gasteiger partial charge on any atom is -0.445 e. The summed E-state index contributed by atoms with van der Waals surface area (Å²) < 4.78 is 5.19. The Balaban J connectivity index is 1.90. The molecule has 2 aromatic carbocycles. The molecule has 2 aromatic rings. The Kier molecular flexibility index (Phi) is 6.91. The van der Waals surface area contributed by atoms with Gasteiger partial charge in [-0.15, -0.1) is 11.6 Å². The van der Waals surface area contributed by atoms with Crippen LogP contribution in [0.15, 0.2) is 60.7 Å². The van der Waals surface area contributed by atoms with Crippen molar-refractivity contribution in [2.24, 2.45) is 0 Å². The second-order valence-electron chi connectivity index (χ2n) is 5.22. The van der Waals surface area contributed by atoms with E-state index in [0.717, 1.165) is 11.1 Å². The van der Waals surface area contributed by atoms with Crippen LogP contribution in [-0.2, 0) is 17.8 Å². The van der Waals surface area contributed by atoms with Gasteiger partial charge in [-0.3, -0.25) is 0 Å². The van der Waals surface area contributed by atoms with Gasteiger partial charge in [-0.2, -0.15) is 0 Å². The van der Waals surface area contributed by atoms with Crippen LogP contribution in [0.1, 0.15) is 11.1 Å². The van der Waals surface area contributed by atoms with Gasteiger partial charge in [0.05, 0.1) is 18.0 Å². The first-order chi connectivity index (χ1) is 11.2. The quantitative estimate of drug-likeness (QED) is 0.765. The van der Waals surface area contributed by atoms with Crippen LogP contribution in [-0.4, -0.2) is 29.2 Å². The Morgan fingerprint density at radius 3 is 2.17 bits per heavy atom. The Morgan fingerprint density at radius 1 is 1.04 bits per heavy atom. The molecule has 0 spiro atoms. The van der Waals surface area contributed by atoms with Crippen LogP contribution in [0.4, 0.5) is 4.79 Å². The number of rotatable bonds is 7. The van der Waals surface area contributed by atoms with Crippen LogP contribution in [0.3, 0.4) is 0 Å². The number of alkyl carbamates (subject to hydrolysis) is 1. The molecule has 0 unspecified atom stereocenters. The van der Waals surface area contributed by atoms with Crippen molar-refractivity contribution in [2.45, 2.75) is 25.2 Å². The molecule has 122 valence electrons. The molecule has 0 aliphatic carbocycles. The fourth-order valence-electron chi connectivity index (χ4n) is 2.17. The third kappa shape index (κ3) is 5.93. The predicted molar refractivity (Wildman–Crippen MR) is 90.4 cm³/mol. The molecule has 23 heavy (non-hydrogen) atoms. The van der Waals surface area contributed by atoms with Gasteiger partial charge in [-0.1, -0.05) is 60.7 Å². The maximum absolute atomic E-state index is 11.9. The highest BCUT2D eigenvalue weighted by Crippen LogP contribution is 2.08. The van der Waals surface area contributed by atoms with Crippen molar-refractivity contribution in [3.63, 3.8) is 0 Å². The van der Waals surface area contributed by atoms with Crippen molar-refractivity contribution in [3.8, 4) is 0 Å². The number of halogens is 1. The van der Waals surface area contributed by atoms with Gasteiger partial charge in [-0.25, -0.2) is 4.79 Å². The van der Waals surface area contributed by atoms with Gasteiger partial charge in [0.1, 0.15) is 6.61 Å². The van der Waals surface area contributed by atoms with Crippen molar-refractivity contribution >= 4 is 17.7 Å². The first kappa shape index (κ1) is 17.3. The summed E-state index contributed by atoms with van der Waals surface area (Å²) in [5.41, 5.74) is 1.91. The molecule has 2 atom stereocenters. The normalized spacial score (nSPS) is 13.1. The molecule has 4 nitrogen and oxygen atoms in total. The van der Waals surface area contributed by atoms with Crippen LogP contribution in [0.25, 0.3) is 0 Å². The number of carbonyl (C=O) groups excluding carboxylic acids is 1. The number of aliphatic hydroxyl groups is 1. The molecule has 5 heteroatoms. The summed E-state index contributed by atoms with van der Waals surface area (Å²) in [5, 5.41) is 12.7. The van der Waals surface area contributed by atoms with E-state index < -0.39 is 18.2 Å². The van der Waals surface area contributed by atoms with Gasteiger partial charge in [0, 0.05) is 0 Å². The molecule has 0 radical (unpaired) electrons. The summed E-state index contributed by atoms with van der Waals surface area (Å²) >= 11 is 5.73. The number of hydrogen-bond donors (Lipinski definition) is 2. The average Bonchev–Trinajstić information content (AvgIpc) is 2.60. The lowest BCUT2D eigenvalue weighted by Crippen LogP contribution is -2.45. The van der Waals surface area contributed by atoms with E-state index in [0.29, 0.717) is 6.42 Å². The summed E-state index contributed by atoms with van der Waals surface area (Å²) in [6.07, 6.45) is -0.935. The highest BCUT2D eigenvalue weighted by molar-refractivity contribution is 6.18. The van der Waals surface area contributed by atoms with Gasteiger partial charge >= 0.3 is 6.09 Å². The van der Waals surface area contributed by atoms with Crippen molar-refractivity contribution < 1.29 is 14.6 Å². The van der Waals surface area contributed by atoms with E-state index in [1.54, 1.807) is 0 Å². The van der Waals surface area contributed by atoms with E-state index >= 15 is 0 Å². The standard InChI is InChI=1S/C18H20ClNO3/c19-12-17(21)16(11-14-7-3-1-4-8-14)20-18(22)23-13-15-9-5-2-6-10-15/h1-10,16-17,21H,11-13H2,(H,20,22)/t16-,17-/m0/s1. The van der Waals surface area contributed by atoms with Crippen LogP contribution < -0.4 is 5.32 Å². The second-order valence-corrected chi connectivity index (χ2v) is 5.53. The molecule has 0 bridgehead atoms. The van der Waals surface area contributed by atoms with E-state index in [-0.39, 0.29) is 12.5 Å². The largest absolute Gasteiger partial charge is 0.445 e. The van der Waals surface area contributed by atoms with Crippen molar-refractivity contribution in [2.75, 3.05) is 5.88 Å². The number of benzene rings is 2. The van der Waals surface area contributed by atoms with E-state index in [1.807, 2.05) is 60.7 Å². The Hall–Kier alpha value is -2.04. The fourth-order valence-corrected chi connectivity index (χ4v) is 2.39. The smallest absolute Gasteiger partial charge is 0.407 e. The summed E-state index contributed by atoms with van der Waals surface area (Å²) in [6, 6.07) is 18.5. The summed E-state index contributed by atoms with van der Waals surface area (Å²) in [7, 11) is 0. The zero-order valence-corrected chi connectivity index (χ0v) is 13.4. The van der Waals surface area contributed by atoms with Crippen molar-refractivity contribution in [1.29, 1.82) is 0 Å². The number of amides is 1. The lowest BCUT2D eigenvalue weighted by molar-refractivity contribution is 0.110. The van der Waals surface area contributed by atoms with Gasteiger partial charge < -0.3 is 15.2 Å². The first-order valence-corrected chi connectivity index (χ1v) is 7.97. The predicted octanol–water partition coefficient (Wildman–Crippen LogP) is 3.12. The van der Waals surface area contributed by atoms with Gasteiger partial charge in [0.2, 0.25) is 0 Å². The van der Waals surface area contributed by atoms with Gasteiger partial charge in [-0.05, 0) is 17.5 Å². The molecule has 2 rings (SSSR count). The average molecular weight is 334 g/mol. The minimum atomic E-state index is -0.846. The van der Waals surface area contributed by atoms with Gasteiger partial charge in [0.25, 0.3) is 0 Å². The molecule has 0 aliphatic rings. The lowest BCUT2D eigenvalue weighted by atomic mass is 10.0. The highest BCUT2D eigenvalue weighted by atomic mass is 35.5. The van der Waals surface area contributed by atoms with Gasteiger partial charge in [0.15, 0.2) is 0 Å². The summed E-state index contributed by atoms with van der Waals surface area (Å²) in [6.45, 7) is 0.182. The third-order valence-electron chi connectivity index (χ3n) is 3.44. The molecule has 0 aromatic heterocycles. The minimum absolute atomic E-state index is 0.0382. The molecule has 0 aliphatic heterocycles. The number of carbonyl (C=O) groups is 1. The Labute approximate surface area is 141 Å². The number of alkyl halides is 1. The maximum Gasteiger partial charge on any atom is 0.407 e. The highest BCUT2D eigenvalue weighted by Gasteiger charge is 2.21. The maximum atomic E-state index is 11.9. The van der Waals surface area contributed by atoms with Crippen molar-refractivity contribution in [1.82, 2.24) is 5.32 Å². The second kappa shape index (κ2) is 9.18. The number of ether oxygens (including phenoxy) is 1. The van der Waals surface area contributed by atoms with E-state index in [2.05, 4.69) is 5.32 Å². The molecule has 0 fully saturated rings. The van der Waals surface area contributed by atoms with Crippen LogP contribution in [0.5, 0.6) is 0 Å².